The van der Waals surface area contributed by atoms with Gasteiger partial charge in [0.2, 0.25) is 0 Å². The molecule has 1 heterocycles. The Morgan fingerprint density at radius 3 is 2.53 bits per heavy atom. The van der Waals surface area contributed by atoms with Crippen molar-refractivity contribution >= 4 is 24.0 Å². The third-order valence-electron chi connectivity index (χ3n) is 3.04. The molecule has 0 aliphatic heterocycles. The van der Waals surface area contributed by atoms with E-state index < -0.39 is 0 Å². The Morgan fingerprint density at radius 1 is 1.33 bits per heavy atom. The summed E-state index contributed by atoms with van der Waals surface area (Å²) in [6.07, 6.45) is 6.94. The first kappa shape index (κ1) is 12.8. The summed E-state index contributed by atoms with van der Waals surface area (Å²) in [6, 6.07) is 3.94. The van der Waals surface area contributed by atoms with Gasteiger partial charge in [0.05, 0.1) is 0 Å². The zero-order valence-corrected chi connectivity index (χ0v) is 10.1. The smallest absolute Gasteiger partial charge is 0.129 e. The Hall–Kier alpha value is -0.310. The number of aromatic nitrogens is 1. The van der Waals surface area contributed by atoms with E-state index in [4.69, 9.17) is 17.3 Å². The van der Waals surface area contributed by atoms with Gasteiger partial charge in [-0.05, 0) is 30.4 Å². The van der Waals surface area contributed by atoms with Gasteiger partial charge in [0.15, 0.2) is 0 Å². The first-order chi connectivity index (χ1) is 6.77. The second-order valence-electron chi connectivity index (χ2n) is 3.98. The van der Waals surface area contributed by atoms with Crippen molar-refractivity contribution in [1.29, 1.82) is 0 Å². The third kappa shape index (κ3) is 3.07. The molecule has 2 N–H and O–H groups in total. The van der Waals surface area contributed by atoms with Gasteiger partial charge in [-0.25, -0.2) is 4.98 Å². The fourth-order valence-electron chi connectivity index (χ4n) is 2.17. The van der Waals surface area contributed by atoms with Gasteiger partial charge in [0, 0.05) is 12.2 Å². The predicted octanol–water partition coefficient (Wildman–Crippen LogP) is 3.35. The molecule has 0 amide bonds. The molecule has 84 valence electrons. The summed E-state index contributed by atoms with van der Waals surface area (Å²) < 4.78 is 0. The lowest BCUT2D eigenvalue weighted by atomic mass is 9.94. The lowest BCUT2D eigenvalue weighted by Gasteiger charge is -2.18. The molecule has 1 fully saturated rings. The van der Waals surface area contributed by atoms with E-state index in [9.17, 15) is 0 Å². The van der Waals surface area contributed by atoms with Gasteiger partial charge in [0.1, 0.15) is 5.15 Å². The van der Waals surface area contributed by atoms with Crippen molar-refractivity contribution in [2.45, 2.75) is 31.7 Å². The first-order valence-corrected chi connectivity index (χ1v) is 5.52. The topological polar surface area (TPSA) is 38.9 Å². The average molecular weight is 247 g/mol. The zero-order valence-electron chi connectivity index (χ0n) is 8.53. The van der Waals surface area contributed by atoms with Crippen LogP contribution in [0, 0.1) is 5.92 Å². The molecule has 4 heteroatoms. The summed E-state index contributed by atoms with van der Waals surface area (Å²) >= 11 is 5.72. The lowest BCUT2D eigenvalue weighted by molar-refractivity contribution is 0.444. The summed E-state index contributed by atoms with van der Waals surface area (Å²) in [6.45, 7) is 0. The molecule has 0 aromatic carbocycles. The summed E-state index contributed by atoms with van der Waals surface area (Å²) in [5.74, 6) is 0.637. The molecule has 0 bridgehead atoms. The second kappa shape index (κ2) is 5.69. The average Bonchev–Trinajstić information content (AvgIpc) is 2.71. The van der Waals surface area contributed by atoms with Crippen LogP contribution in [0.3, 0.4) is 0 Å². The van der Waals surface area contributed by atoms with Crippen molar-refractivity contribution < 1.29 is 0 Å². The molecule has 2 rings (SSSR count). The van der Waals surface area contributed by atoms with Crippen LogP contribution in [0.2, 0.25) is 5.15 Å². The molecule has 1 atom stereocenters. The minimum absolute atomic E-state index is 0. The van der Waals surface area contributed by atoms with Crippen LogP contribution in [0.5, 0.6) is 0 Å². The highest BCUT2D eigenvalue weighted by Gasteiger charge is 2.23. The quantitative estimate of drug-likeness (QED) is 0.814. The van der Waals surface area contributed by atoms with Gasteiger partial charge in [-0.2, -0.15) is 0 Å². The molecule has 0 unspecified atom stereocenters. The van der Waals surface area contributed by atoms with Crippen molar-refractivity contribution in [3.63, 3.8) is 0 Å². The third-order valence-corrected chi connectivity index (χ3v) is 3.27. The molecule has 1 aromatic heterocycles. The Kier molecular flexibility index (Phi) is 4.84. The molecule has 1 aliphatic carbocycles. The highest BCUT2D eigenvalue weighted by Crippen LogP contribution is 2.33. The fraction of sp³-hybridized carbons (Fsp3) is 0.545. The molecule has 1 aliphatic rings. The monoisotopic (exact) mass is 246 g/mol. The second-order valence-corrected chi connectivity index (χ2v) is 4.37. The standard InChI is InChI=1S/C11H15ClN2.ClH/c12-10-6-5-9(7-14-10)11(13)8-3-1-2-4-8;/h5-8,11H,1-4,13H2;1H/t11-;/m0./s1. The van der Waals surface area contributed by atoms with Gasteiger partial charge < -0.3 is 5.73 Å². The first-order valence-electron chi connectivity index (χ1n) is 5.14. The number of halogens is 2. The van der Waals surface area contributed by atoms with E-state index in [1.807, 2.05) is 12.1 Å². The Morgan fingerprint density at radius 2 is 2.00 bits per heavy atom. The number of hydrogen-bond acceptors (Lipinski definition) is 2. The highest BCUT2D eigenvalue weighted by atomic mass is 35.5. The maximum absolute atomic E-state index is 6.17. The van der Waals surface area contributed by atoms with E-state index in [0.29, 0.717) is 11.1 Å². The van der Waals surface area contributed by atoms with Crippen molar-refractivity contribution in [2.75, 3.05) is 0 Å². The van der Waals surface area contributed by atoms with E-state index in [1.165, 1.54) is 25.7 Å². The normalized spacial score (nSPS) is 18.5. The SMILES string of the molecule is Cl.N[C@H](c1ccc(Cl)nc1)C1CCCC1. The largest absolute Gasteiger partial charge is 0.324 e. The molecule has 15 heavy (non-hydrogen) atoms. The zero-order chi connectivity index (χ0) is 9.97. The fourth-order valence-corrected chi connectivity index (χ4v) is 2.28. The van der Waals surface area contributed by atoms with Crippen LogP contribution in [-0.4, -0.2) is 4.98 Å². The summed E-state index contributed by atoms with van der Waals surface area (Å²) in [5.41, 5.74) is 7.28. The van der Waals surface area contributed by atoms with Gasteiger partial charge in [-0.3, -0.25) is 0 Å². The van der Waals surface area contributed by atoms with E-state index in [0.717, 1.165) is 5.56 Å². The number of nitrogens with zero attached hydrogens (tertiary/aromatic N) is 1. The minimum atomic E-state index is 0. The van der Waals surface area contributed by atoms with Crippen LogP contribution < -0.4 is 5.73 Å². The molecular weight excluding hydrogens is 231 g/mol. The predicted molar refractivity (Wildman–Crippen MR) is 65.4 cm³/mol. The maximum atomic E-state index is 6.17. The van der Waals surface area contributed by atoms with Crippen LogP contribution >= 0.6 is 24.0 Å². The van der Waals surface area contributed by atoms with Crippen molar-refractivity contribution in [3.05, 3.63) is 29.0 Å². The summed E-state index contributed by atoms with van der Waals surface area (Å²) in [7, 11) is 0. The highest BCUT2D eigenvalue weighted by molar-refractivity contribution is 6.29. The molecule has 0 saturated heterocycles. The number of rotatable bonds is 2. The molecular formula is C11H16Cl2N2. The van der Waals surface area contributed by atoms with Gasteiger partial charge >= 0.3 is 0 Å². The van der Waals surface area contributed by atoms with Gasteiger partial charge in [-0.1, -0.05) is 30.5 Å². The van der Waals surface area contributed by atoms with Crippen molar-refractivity contribution in [2.24, 2.45) is 11.7 Å². The van der Waals surface area contributed by atoms with Crippen molar-refractivity contribution in [3.8, 4) is 0 Å². The molecule has 2 nitrogen and oxygen atoms in total. The Bertz CT molecular complexity index is 294. The van der Waals surface area contributed by atoms with Crippen LogP contribution in [-0.2, 0) is 0 Å². The van der Waals surface area contributed by atoms with Gasteiger partial charge in [-0.15, -0.1) is 12.4 Å². The molecule has 1 aromatic rings. The van der Waals surface area contributed by atoms with E-state index in [2.05, 4.69) is 4.98 Å². The number of hydrogen-bond donors (Lipinski definition) is 1. The number of pyridine rings is 1. The minimum Gasteiger partial charge on any atom is -0.324 e. The Balaban J connectivity index is 0.00000112. The van der Waals surface area contributed by atoms with Crippen LogP contribution in [0.25, 0.3) is 0 Å². The van der Waals surface area contributed by atoms with E-state index in [-0.39, 0.29) is 18.4 Å². The van der Waals surface area contributed by atoms with Gasteiger partial charge in [0.25, 0.3) is 0 Å². The van der Waals surface area contributed by atoms with Crippen LogP contribution in [0.4, 0.5) is 0 Å². The molecule has 1 saturated carbocycles. The number of nitrogens with two attached hydrogens (primary N) is 1. The van der Waals surface area contributed by atoms with Crippen LogP contribution in [0.1, 0.15) is 37.3 Å². The summed E-state index contributed by atoms with van der Waals surface area (Å²) in [4.78, 5) is 4.06. The maximum Gasteiger partial charge on any atom is 0.129 e. The summed E-state index contributed by atoms with van der Waals surface area (Å²) in [5, 5.41) is 0.535. The van der Waals surface area contributed by atoms with E-state index >= 15 is 0 Å². The molecule has 0 spiro atoms. The van der Waals surface area contributed by atoms with Crippen molar-refractivity contribution in [1.82, 2.24) is 4.98 Å². The van der Waals surface area contributed by atoms with E-state index in [1.54, 1.807) is 6.20 Å². The Labute approximate surface area is 102 Å². The lowest BCUT2D eigenvalue weighted by Crippen LogP contribution is -2.19. The molecule has 0 radical (unpaired) electrons. The van der Waals surface area contributed by atoms with Crippen LogP contribution in [0.15, 0.2) is 18.3 Å².